The van der Waals surface area contributed by atoms with Crippen molar-refractivity contribution in [3.63, 3.8) is 0 Å². The molecule has 33 N–H and O–H groups in total. The number of aromatic nitrogens is 2. The summed E-state index contributed by atoms with van der Waals surface area (Å²) in [4.78, 5) is 4.03. The highest BCUT2D eigenvalue weighted by Crippen LogP contribution is 2.15. The average Bonchev–Trinajstić information content (AvgIpc) is 2.71. The smallest absolute Gasteiger partial charge is 0.0951 e. The zero-order valence-electron chi connectivity index (χ0n) is 15.4. The van der Waals surface area contributed by atoms with E-state index < -0.39 is 0 Å². The van der Waals surface area contributed by atoms with Crippen molar-refractivity contribution in [2.24, 2.45) is 0 Å². The number of benzene rings is 1. The minimum Gasteiger partial charge on any atom is -0.344 e. The van der Waals surface area contributed by atoms with Crippen molar-refractivity contribution in [1.82, 2.24) is 77.2 Å². The van der Waals surface area contributed by atoms with Crippen molar-refractivity contribution in [3.05, 3.63) is 54.6 Å². The first-order chi connectivity index (χ1) is 6.38. The van der Waals surface area contributed by atoms with E-state index in [1.54, 1.807) is 6.20 Å². The topological polar surface area (TPSA) is 403 Å². The molecule has 2 aromatic rings. The molecule has 0 spiro atoms. The van der Waals surface area contributed by atoms with Crippen LogP contribution in [0.2, 0.25) is 0 Å². The maximum atomic E-state index is 4.03. The first-order valence-corrected chi connectivity index (χ1v) is 4.40. The quantitative estimate of drug-likeness (QED) is 0.357. The summed E-state index contributed by atoms with van der Waals surface area (Å²) >= 11 is 0. The number of imidazole rings is 1. The zero-order chi connectivity index (χ0) is 9.10. The van der Waals surface area contributed by atoms with E-state index in [1.165, 1.54) is 5.56 Å². The van der Waals surface area contributed by atoms with Gasteiger partial charge in [0.15, 0.2) is 0 Å². The fourth-order valence-corrected chi connectivity index (χ4v) is 1.40. The van der Waals surface area contributed by atoms with Crippen LogP contribution in [0.25, 0.3) is 0 Å². The third kappa shape index (κ3) is 16.4. The highest BCUT2D eigenvalue weighted by molar-refractivity contribution is 5.19. The third-order valence-electron chi connectivity index (χ3n) is 2.25. The molecule has 1 heterocycles. The van der Waals surface area contributed by atoms with E-state index in [2.05, 4.69) is 40.7 Å². The molecule has 1 aromatic heterocycles. The summed E-state index contributed by atoms with van der Waals surface area (Å²) in [5.41, 5.74) is 1.31. The highest BCUT2D eigenvalue weighted by atomic mass is 15.0. The summed E-state index contributed by atoms with van der Waals surface area (Å²) in [5.74, 6) is 0. The van der Waals surface area contributed by atoms with Crippen molar-refractivity contribution >= 4 is 0 Å². The molecule has 1 unspecified atom stereocenters. The molecule has 0 aliphatic heterocycles. The van der Waals surface area contributed by atoms with Gasteiger partial charge in [-0.15, -0.1) is 0 Å². The number of hydrogen-bond donors (Lipinski definition) is 11. The summed E-state index contributed by atoms with van der Waals surface area (Å²) in [5, 5.41) is 0. The molecule has 24 heavy (non-hydrogen) atoms. The predicted molar refractivity (Wildman–Crippen MR) is 108 cm³/mol. The summed E-state index contributed by atoms with van der Waals surface area (Å²) in [6.45, 7) is 2.16. The third-order valence-corrected chi connectivity index (χ3v) is 2.25. The molecule has 13 heteroatoms. The minimum atomic E-state index is 0. The van der Waals surface area contributed by atoms with Crippen LogP contribution < -0.4 is 67.7 Å². The molecule has 1 atom stereocenters. The number of nitrogens with zero attached hydrogens (tertiary/aromatic N) is 2. The predicted octanol–water partition coefficient (Wildman–Crippen LogP) is 4.27. The van der Waals surface area contributed by atoms with Crippen LogP contribution in [0.3, 0.4) is 0 Å². The first kappa shape index (κ1) is 67.4. The Bertz CT molecular complexity index is 367. The van der Waals surface area contributed by atoms with E-state index >= 15 is 0 Å². The summed E-state index contributed by atoms with van der Waals surface area (Å²) in [6.07, 6.45) is 5.63. The van der Waals surface area contributed by atoms with E-state index in [0.29, 0.717) is 6.04 Å². The first-order valence-electron chi connectivity index (χ1n) is 4.40. The molecule has 0 amide bonds. The molecule has 0 saturated carbocycles. The van der Waals surface area contributed by atoms with Crippen LogP contribution in [0.4, 0.5) is 0 Å². The van der Waals surface area contributed by atoms with E-state index in [0.717, 1.165) is 0 Å². The van der Waals surface area contributed by atoms with Gasteiger partial charge in [-0.3, -0.25) is 0 Å². The van der Waals surface area contributed by atoms with Crippen LogP contribution in [0.5, 0.6) is 0 Å². The molecule has 13 nitrogen and oxygen atoms in total. The maximum Gasteiger partial charge on any atom is 0.0951 e. The van der Waals surface area contributed by atoms with E-state index in [1.807, 2.05) is 18.6 Å². The van der Waals surface area contributed by atoms with E-state index in [4.69, 9.17) is 0 Å². The summed E-state index contributed by atoms with van der Waals surface area (Å²) in [7, 11) is 0. The molecule has 2 rings (SSSR count). The van der Waals surface area contributed by atoms with Gasteiger partial charge in [0.25, 0.3) is 0 Å². The lowest BCUT2D eigenvalue weighted by Gasteiger charge is -2.12. The van der Waals surface area contributed by atoms with Gasteiger partial charge in [0, 0.05) is 12.4 Å². The zero-order valence-corrected chi connectivity index (χ0v) is 15.4. The van der Waals surface area contributed by atoms with Crippen LogP contribution in [-0.2, 0) is 0 Å². The molecular formula is C11H45N13. The molecule has 1 aromatic carbocycles. The molecule has 0 radical (unpaired) electrons. The van der Waals surface area contributed by atoms with Gasteiger partial charge in [-0.2, -0.15) is 0 Å². The number of rotatable bonds is 2. The van der Waals surface area contributed by atoms with Gasteiger partial charge in [-0.25, -0.2) is 4.98 Å². The highest BCUT2D eigenvalue weighted by Gasteiger charge is 2.04. The fraction of sp³-hybridized carbons (Fsp3) is 0.182. The number of hydrogen-bond acceptors (Lipinski definition) is 12. The van der Waals surface area contributed by atoms with Crippen LogP contribution in [0, 0.1) is 0 Å². The van der Waals surface area contributed by atoms with Crippen molar-refractivity contribution in [2.45, 2.75) is 13.0 Å². The second-order valence-corrected chi connectivity index (χ2v) is 3.10. The molecular weight excluding hydrogens is 314 g/mol. The Morgan fingerprint density at radius 2 is 1.12 bits per heavy atom. The van der Waals surface area contributed by atoms with E-state index in [-0.39, 0.29) is 67.7 Å². The van der Waals surface area contributed by atoms with Crippen LogP contribution in [-0.4, -0.2) is 9.55 Å². The second kappa shape index (κ2) is 32.8. The average molecular weight is 360 g/mol. The van der Waals surface area contributed by atoms with Gasteiger partial charge in [0.05, 0.1) is 12.4 Å². The SMILES string of the molecule is CC(c1ccccc1)n1ccnc1.N.N.N.N.N.N.N.N.N.N.N. The lowest BCUT2D eigenvalue weighted by molar-refractivity contribution is 0.638. The lowest BCUT2D eigenvalue weighted by Crippen LogP contribution is -2.03. The van der Waals surface area contributed by atoms with Crippen molar-refractivity contribution in [2.75, 3.05) is 0 Å². The normalized spacial score (nSPS) is 6.88. The van der Waals surface area contributed by atoms with Gasteiger partial charge in [-0.05, 0) is 12.5 Å². The van der Waals surface area contributed by atoms with Crippen molar-refractivity contribution in [1.29, 1.82) is 0 Å². The Morgan fingerprint density at radius 1 is 0.708 bits per heavy atom. The molecule has 0 bridgehead atoms. The van der Waals surface area contributed by atoms with Gasteiger partial charge in [-0.1, -0.05) is 30.3 Å². The molecule has 0 aliphatic carbocycles. The Morgan fingerprint density at radius 3 is 1.46 bits per heavy atom. The Labute approximate surface area is 145 Å². The van der Waals surface area contributed by atoms with Gasteiger partial charge in [0.1, 0.15) is 0 Å². The largest absolute Gasteiger partial charge is 0.344 e. The van der Waals surface area contributed by atoms with Gasteiger partial charge >= 0.3 is 0 Å². The van der Waals surface area contributed by atoms with Gasteiger partial charge in [0.2, 0.25) is 0 Å². The Balaban J connectivity index is -0.0000000223. The fourth-order valence-electron chi connectivity index (χ4n) is 1.40. The molecule has 154 valence electrons. The lowest BCUT2D eigenvalue weighted by atomic mass is 10.1. The summed E-state index contributed by atoms with van der Waals surface area (Å²) in [6, 6.07) is 10.8. The van der Waals surface area contributed by atoms with Crippen LogP contribution in [0.15, 0.2) is 49.1 Å². The van der Waals surface area contributed by atoms with Gasteiger partial charge < -0.3 is 72.2 Å². The second-order valence-electron chi connectivity index (χ2n) is 3.10. The Hall–Kier alpha value is -2.01. The van der Waals surface area contributed by atoms with Crippen LogP contribution >= 0.6 is 0 Å². The maximum absolute atomic E-state index is 4.03. The molecule has 0 saturated heterocycles. The molecule has 0 aliphatic rings. The van der Waals surface area contributed by atoms with E-state index in [9.17, 15) is 0 Å². The Kier molecular flexibility index (Phi) is 92.1. The molecule has 0 fully saturated rings. The standard InChI is InChI=1S/C11H12N2.11H3N/c1-10(13-8-7-12-9-13)11-5-3-2-4-6-11;;;;;;;;;;;/h2-10H,1H3;11*1H3. The van der Waals surface area contributed by atoms with Crippen LogP contribution in [0.1, 0.15) is 18.5 Å². The monoisotopic (exact) mass is 359 g/mol. The summed E-state index contributed by atoms with van der Waals surface area (Å²) < 4.78 is 2.09. The minimum absolute atomic E-state index is 0. The van der Waals surface area contributed by atoms with Crippen molar-refractivity contribution in [3.8, 4) is 0 Å². The van der Waals surface area contributed by atoms with Crippen molar-refractivity contribution < 1.29 is 0 Å².